The van der Waals surface area contributed by atoms with Crippen molar-refractivity contribution in [3.63, 3.8) is 0 Å². The average molecular weight is 206 g/mol. The molecule has 0 saturated heterocycles. The molecular formula is C12H14O3. The second-order valence-electron chi connectivity index (χ2n) is 4.31. The second kappa shape index (κ2) is 2.89. The minimum atomic E-state index is -0.657. The van der Waals surface area contributed by atoms with E-state index in [9.17, 15) is 5.11 Å². The predicted molar refractivity (Wildman–Crippen MR) is 55.3 cm³/mol. The van der Waals surface area contributed by atoms with Gasteiger partial charge < -0.3 is 14.6 Å². The summed E-state index contributed by atoms with van der Waals surface area (Å²) in [4.78, 5) is 0. The number of hydrogen-bond donors (Lipinski definition) is 1. The minimum Gasteiger partial charge on any atom is -0.486 e. The lowest BCUT2D eigenvalue weighted by molar-refractivity contribution is 0.129. The Bertz CT molecular complexity index is 408. The Kier molecular flexibility index (Phi) is 1.74. The standard InChI is InChI=1S/C12H14O3/c1-8-2-3-9-11(15-7-6-14-9)10(8)12(13)4-5-12/h2-3,13H,4-7H2,1H3. The van der Waals surface area contributed by atoms with Crippen molar-refractivity contribution in [2.45, 2.75) is 25.4 Å². The normalized spacial score (nSPS) is 21.2. The van der Waals surface area contributed by atoms with E-state index in [0.29, 0.717) is 13.2 Å². The summed E-state index contributed by atoms with van der Waals surface area (Å²) in [5.41, 5.74) is 1.36. The van der Waals surface area contributed by atoms with Gasteiger partial charge in [0.05, 0.1) is 5.60 Å². The highest BCUT2D eigenvalue weighted by molar-refractivity contribution is 5.55. The highest BCUT2D eigenvalue weighted by Gasteiger charge is 2.46. The van der Waals surface area contributed by atoms with Crippen molar-refractivity contribution in [2.24, 2.45) is 0 Å². The second-order valence-corrected chi connectivity index (χ2v) is 4.31. The van der Waals surface area contributed by atoms with E-state index in [-0.39, 0.29) is 0 Å². The Labute approximate surface area is 88.6 Å². The number of rotatable bonds is 1. The molecule has 3 heteroatoms. The van der Waals surface area contributed by atoms with Crippen LogP contribution in [0.2, 0.25) is 0 Å². The van der Waals surface area contributed by atoms with Crippen molar-refractivity contribution in [1.29, 1.82) is 0 Å². The largest absolute Gasteiger partial charge is 0.486 e. The quantitative estimate of drug-likeness (QED) is 0.760. The van der Waals surface area contributed by atoms with Gasteiger partial charge in [-0.15, -0.1) is 0 Å². The molecule has 1 heterocycles. The van der Waals surface area contributed by atoms with Gasteiger partial charge in [0, 0.05) is 5.56 Å². The van der Waals surface area contributed by atoms with Gasteiger partial charge in [-0.05, 0) is 31.4 Å². The molecule has 1 N–H and O–H groups in total. The van der Waals surface area contributed by atoms with E-state index in [4.69, 9.17) is 9.47 Å². The van der Waals surface area contributed by atoms with Crippen molar-refractivity contribution in [3.05, 3.63) is 23.3 Å². The van der Waals surface area contributed by atoms with E-state index in [0.717, 1.165) is 35.5 Å². The number of aryl methyl sites for hydroxylation is 1. The Balaban J connectivity index is 2.18. The van der Waals surface area contributed by atoms with Crippen LogP contribution in [0.5, 0.6) is 11.5 Å². The van der Waals surface area contributed by atoms with E-state index in [2.05, 4.69) is 0 Å². The van der Waals surface area contributed by atoms with Crippen molar-refractivity contribution in [3.8, 4) is 11.5 Å². The summed E-state index contributed by atoms with van der Waals surface area (Å²) in [6.45, 7) is 3.16. The van der Waals surface area contributed by atoms with Crippen LogP contribution in [0.15, 0.2) is 12.1 Å². The fourth-order valence-corrected chi connectivity index (χ4v) is 2.16. The molecule has 1 aromatic rings. The fourth-order valence-electron chi connectivity index (χ4n) is 2.16. The van der Waals surface area contributed by atoms with E-state index < -0.39 is 5.60 Å². The van der Waals surface area contributed by atoms with Gasteiger partial charge >= 0.3 is 0 Å². The van der Waals surface area contributed by atoms with Crippen LogP contribution in [0.4, 0.5) is 0 Å². The van der Waals surface area contributed by atoms with Crippen molar-refractivity contribution in [2.75, 3.05) is 13.2 Å². The summed E-state index contributed by atoms with van der Waals surface area (Å²) in [6.07, 6.45) is 1.65. The molecule has 3 rings (SSSR count). The molecule has 80 valence electrons. The fraction of sp³-hybridized carbons (Fsp3) is 0.500. The van der Waals surface area contributed by atoms with E-state index in [1.807, 2.05) is 19.1 Å². The van der Waals surface area contributed by atoms with Gasteiger partial charge in [0.25, 0.3) is 0 Å². The molecular weight excluding hydrogens is 192 g/mol. The van der Waals surface area contributed by atoms with Gasteiger partial charge in [-0.2, -0.15) is 0 Å². The van der Waals surface area contributed by atoms with Gasteiger partial charge in [0.1, 0.15) is 13.2 Å². The summed E-state index contributed by atoms with van der Waals surface area (Å²) in [7, 11) is 0. The Morgan fingerprint density at radius 1 is 1.20 bits per heavy atom. The summed E-state index contributed by atoms with van der Waals surface area (Å²) in [5.74, 6) is 1.52. The number of aliphatic hydroxyl groups is 1. The number of hydrogen-bond acceptors (Lipinski definition) is 3. The van der Waals surface area contributed by atoms with Crippen LogP contribution >= 0.6 is 0 Å². The number of fused-ring (bicyclic) bond motifs is 1. The van der Waals surface area contributed by atoms with Crippen molar-refractivity contribution in [1.82, 2.24) is 0 Å². The van der Waals surface area contributed by atoms with Gasteiger partial charge in [-0.1, -0.05) is 6.07 Å². The van der Waals surface area contributed by atoms with Crippen LogP contribution in [0.3, 0.4) is 0 Å². The third-order valence-electron chi connectivity index (χ3n) is 3.11. The van der Waals surface area contributed by atoms with Crippen LogP contribution in [0.1, 0.15) is 24.0 Å². The van der Waals surface area contributed by atoms with Gasteiger partial charge in [0.15, 0.2) is 11.5 Å². The summed E-state index contributed by atoms with van der Waals surface area (Å²) in [5, 5.41) is 10.2. The molecule has 0 atom stereocenters. The first kappa shape index (κ1) is 9.04. The first-order valence-corrected chi connectivity index (χ1v) is 5.33. The molecule has 1 aliphatic heterocycles. The smallest absolute Gasteiger partial charge is 0.167 e. The maximum absolute atomic E-state index is 10.2. The molecule has 0 aromatic heterocycles. The zero-order valence-electron chi connectivity index (χ0n) is 8.75. The molecule has 1 saturated carbocycles. The van der Waals surface area contributed by atoms with Crippen LogP contribution in [-0.2, 0) is 5.60 Å². The lowest BCUT2D eigenvalue weighted by Crippen LogP contribution is -2.19. The molecule has 15 heavy (non-hydrogen) atoms. The van der Waals surface area contributed by atoms with Crippen LogP contribution in [-0.4, -0.2) is 18.3 Å². The Morgan fingerprint density at radius 3 is 2.67 bits per heavy atom. The molecule has 3 nitrogen and oxygen atoms in total. The SMILES string of the molecule is Cc1ccc2c(c1C1(O)CC1)OCCO2. The molecule has 1 fully saturated rings. The lowest BCUT2D eigenvalue weighted by atomic mass is 9.99. The average Bonchev–Trinajstić information content (AvgIpc) is 2.97. The van der Waals surface area contributed by atoms with Crippen LogP contribution < -0.4 is 9.47 Å². The Morgan fingerprint density at radius 2 is 1.93 bits per heavy atom. The highest BCUT2D eigenvalue weighted by Crippen LogP contribution is 2.52. The molecule has 0 bridgehead atoms. The number of ether oxygens (including phenoxy) is 2. The molecule has 0 spiro atoms. The summed E-state index contributed by atoms with van der Waals surface area (Å²) < 4.78 is 11.1. The minimum absolute atomic E-state index is 0.569. The van der Waals surface area contributed by atoms with Gasteiger partial charge in [0.2, 0.25) is 0 Å². The van der Waals surface area contributed by atoms with E-state index in [1.165, 1.54) is 0 Å². The van der Waals surface area contributed by atoms with Gasteiger partial charge in [-0.25, -0.2) is 0 Å². The molecule has 0 amide bonds. The van der Waals surface area contributed by atoms with Crippen molar-refractivity contribution >= 4 is 0 Å². The zero-order chi connectivity index (χ0) is 10.5. The highest BCUT2D eigenvalue weighted by atomic mass is 16.6. The lowest BCUT2D eigenvalue weighted by Gasteiger charge is -2.24. The van der Waals surface area contributed by atoms with Crippen LogP contribution in [0, 0.1) is 6.92 Å². The summed E-state index contributed by atoms with van der Waals surface area (Å²) in [6, 6.07) is 3.90. The first-order valence-electron chi connectivity index (χ1n) is 5.33. The first-order chi connectivity index (χ1) is 7.21. The summed E-state index contributed by atoms with van der Waals surface area (Å²) >= 11 is 0. The topological polar surface area (TPSA) is 38.7 Å². The number of benzene rings is 1. The molecule has 2 aliphatic rings. The maximum atomic E-state index is 10.2. The predicted octanol–water partition coefficient (Wildman–Crippen LogP) is 1.75. The molecule has 0 radical (unpaired) electrons. The monoisotopic (exact) mass is 206 g/mol. The molecule has 1 aliphatic carbocycles. The Hall–Kier alpha value is -1.22. The maximum Gasteiger partial charge on any atom is 0.167 e. The van der Waals surface area contributed by atoms with Gasteiger partial charge in [-0.3, -0.25) is 0 Å². The third kappa shape index (κ3) is 1.30. The zero-order valence-corrected chi connectivity index (χ0v) is 8.75. The van der Waals surface area contributed by atoms with E-state index in [1.54, 1.807) is 0 Å². The third-order valence-corrected chi connectivity index (χ3v) is 3.11. The molecule has 1 aromatic carbocycles. The molecule has 0 unspecified atom stereocenters. The van der Waals surface area contributed by atoms with E-state index >= 15 is 0 Å². The van der Waals surface area contributed by atoms with Crippen LogP contribution in [0.25, 0.3) is 0 Å². The van der Waals surface area contributed by atoms with Crippen molar-refractivity contribution < 1.29 is 14.6 Å².